The van der Waals surface area contributed by atoms with Crippen molar-refractivity contribution in [3.05, 3.63) is 59.4 Å². The zero-order valence-electron chi connectivity index (χ0n) is 15.2. The van der Waals surface area contributed by atoms with Gasteiger partial charge in [0, 0.05) is 32.1 Å². The molecule has 1 aliphatic rings. The number of hydrogen-bond donors (Lipinski definition) is 2. The van der Waals surface area contributed by atoms with Crippen LogP contribution in [0.4, 0.5) is 5.69 Å². The van der Waals surface area contributed by atoms with Gasteiger partial charge in [0.05, 0.1) is 17.4 Å². The molecule has 136 valence electrons. The smallest absolute Gasteiger partial charge is 0.330 e. The topological polar surface area (TPSA) is 82.5 Å². The molecule has 3 rings (SSSR count). The van der Waals surface area contributed by atoms with Gasteiger partial charge in [-0.15, -0.1) is 0 Å². The first-order chi connectivity index (χ1) is 12.3. The number of anilines is 1. The van der Waals surface area contributed by atoms with Gasteiger partial charge in [0.25, 0.3) is 5.91 Å². The minimum atomic E-state index is -1.32. The lowest BCUT2D eigenvalue weighted by Gasteiger charge is -2.28. The Morgan fingerprint density at radius 3 is 2.35 bits per heavy atom. The lowest BCUT2D eigenvalue weighted by molar-refractivity contribution is -0.144. The van der Waals surface area contributed by atoms with Gasteiger partial charge in [0.1, 0.15) is 5.54 Å². The number of amides is 1. The third-order valence-corrected chi connectivity index (χ3v) is 5.06. The predicted octanol–water partition coefficient (Wildman–Crippen LogP) is 2.28. The Kier molecular flexibility index (Phi) is 4.68. The van der Waals surface area contributed by atoms with Crippen LogP contribution in [0.1, 0.15) is 35.3 Å². The molecule has 0 radical (unpaired) electrons. The summed E-state index contributed by atoms with van der Waals surface area (Å²) < 4.78 is 0. The maximum absolute atomic E-state index is 13.0. The van der Waals surface area contributed by atoms with Crippen LogP contribution in [0.3, 0.4) is 0 Å². The summed E-state index contributed by atoms with van der Waals surface area (Å²) in [5.41, 5.74) is 1.70. The first kappa shape index (κ1) is 17.9. The molecule has 0 saturated carbocycles. The van der Waals surface area contributed by atoms with Gasteiger partial charge in [-0.1, -0.05) is 24.3 Å². The molecular weight excluding hydrogens is 330 g/mol. The first-order valence-corrected chi connectivity index (χ1v) is 8.63. The van der Waals surface area contributed by atoms with Gasteiger partial charge < -0.3 is 15.3 Å². The molecule has 1 aliphatic carbocycles. The Hall–Kier alpha value is -2.89. The summed E-state index contributed by atoms with van der Waals surface area (Å²) in [6.45, 7) is 4.03. The number of nitrogens with zero attached hydrogens (tertiary/aromatic N) is 2. The number of carboxylic acids is 1. The second-order valence-corrected chi connectivity index (χ2v) is 7.06. The Bertz CT molecular complexity index is 823. The predicted molar refractivity (Wildman–Crippen MR) is 99.5 cm³/mol. The van der Waals surface area contributed by atoms with Crippen molar-refractivity contribution in [1.29, 1.82) is 0 Å². The highest BCUT2D eigenvalue weighted by Gasteiger charge is 2.45. The molecule has 0 atom stereocenters. The Morgan fingerprint density at radius 2 is 1.81 bits per heavy atom. The number of benzene rings is 1. The lowest BCUT2D eigenvalue weighted by atomic mass is 9.95. The molecule has 26 heavy (non-hydrogen) atoms. The largest absolute Gasteiger partial charge is 0.479 e. The van der Waals surface area contributed by atoms with E-state index in [0.717, 1.165) is 11.1 Å². The highest BCUT2D eigenvalue weighted by atomic mass is 16.4. The Labute approximate surface area is 152 Å². The molecule has 1 heterocycles. The van der Waals surface area contributed by atoms with E-state index in [-0.39, 0.29) is 18.9 Å². The monoisotopic (exact) mass is 353 g/mol. The van der Waals surface area contributed by atoms with Crippen LogP contribution in [-0.4, -0.2) is 40.6 Å². The van der Waals surface area contributed by atoms with E-state index in [2.05, 4.69) is 10.3 Å². The number of aromatic nitrogens is 1. The van der Waals surface area contributed by atoms with Gasteiger partial charge in [-0.25, -0.2) is 4.79 Å². The second kappa shape index (κ2) is 6.78. The standard InChI is InChI=1S/C20H23N3O3/c1-13(2)23(3)17-12-21-9-8-16(17)18(24)22-20(19(25)26)10-14-6-4-5-7-15(14)11-20/h4-9,12-13H,10-11H2,1-3H3,(H,22,24)(H,25,26). The van der Waals surface area contributed by atoms with Gasteiger partial charge in [0.15, 0.2) is 0 Å². The summed E-state index contributed by atoms with van der Waals surface area (Å²) in [7, 11) is 1.89. The summed E-state index contributed by atoms with van der Waals surface area (Å²) >= 11 is 0. The molecular formula is C20H23N3O3. The van der Waals surface area contributed by atoms with Crippen LogP contribution in [0.15, 0.2) is 42.7 Å². The van der Waals surface area contributed by atoms with E-state index in [9.17, 15) is 14.7 Å². The van der Waals surface area contributed by atoms with Crippen LogP contribution >= 0.6 is 0 Å². The first-order valence-electron chi connectivity index (χ1n) is 8.63. The van der Waals surface area contributed by atoms with Crippen LogP contribution in [0, 0.1) is 0 Å². The summed E-state index contributed by atoms with van der Waals surface area (Å²) in [6, 6.07) is 9.40. The third-order valence-electron chi connectivity index (χ3n) is 5.06. The number of nitrogens with one attached hydrogen (secondary N) is 1. The van der Waals surface area contributed by atoms with Crippen molar-refractivity contribution >= 4 is 17.6 Å². The molecule has 2 aromatic rings. The van der Waals surface area contributed by atoms with E-state index in [4.69, 9.17) is 0 Å². The normalized spacial score (nSPS) is 14.8. The maximum atomic E-state index is 13.0. The van der Waals surface area contributed by atoms with Crippen molar-refractivity contribution in [3.63, 3.8) is 0 Å². The quantitative estimate of drug-likeness (QED) is 0.862. The molecule has 0 bridgehead atoms. The van der Waals surface area contributed by atoms with Crippen molar-refractivity contribution in [2.75, 3.05) is 11.9 Å². The molecule has 1 amide bonds. The van der Waals surface area contributed by atoms with E-state index in [0.29, 0.717) is 11.3 Å². The molecule has 0 saturated heterocycles. The molecule has 0 spiro atoms. The molecule has 0 aliphatic heterocycles. The molecule has 6 nitrogen and oxygen atoms in total. The third kappa shape index (κ3) is 3.14. The van der Waals surface area contributed by atoms with Gasteiger partial charge >= 0.3 is 5.97 Å². The number of carbonyl (C=O) groups is 2. The maximum Gasteiger partial charge on any atom is 0.330 e. The fraction of sp³-hybridized carbons (Fsp3) is 0.350. The SMILES string of the molecule is CC(C)N(C)c1cnccc1C(=O)NC1(C(=O)O)Cc2ccccc2C1. The zero-order valence-corrected chi connectivity index (χ0v) is 15.2. The second-order valence-electron chi connectivity index (χ2n) is 7.06. The fourth-order valence-corrected chi connectivity index (χ4v) is 3.33. The van der Waals surface area contributed by atoms with E-state index in [1.54, 1.807) is 18.5 Å². The van der Waals surface area contributed by atoms with Crippen molar-refractivity contribution in [2.24, 2.45) is 0 Å². The summed E-state index contributed by atoms with van der Waals surface area (Å²) in [4.78, 5) is 31.1. The molecule has 1 aromatic heterocycles. The molecule has 0 fully saturated rings. The van der Waals surface area contributed by atoms with Crippen LogP contribution < -0.4 is 10.2 Å². The minimum Gasteiger partial charge on any atom is -0.479 e. The summed E-state index contributed by atoms with van der Waals surface area (Å²) in [6.07, 6.45) is 3.74. The molecule has 0 unspecified atom stereocenters. The molecule has 2 N–H and O–H groups in total. The van der Waals surface area contributed by atoms with Gasteiger partial charge in [-0.2, -0.15) is 0 Å². The highest BCUT2D eigenvalue weighted by Crippen LogP contribution is 2.31. The number of pyridine rings is 1. The van der Waals surface area contributed by atoms with Gasteiger partial charge in [0.2, 0.25) is 0 Å². The van der Waals surface area contributed by atoms with E-state index < -0.39 is 17.4 Å². The van der Waals surface area contributed by atoms with Gasteiger partial charge in [-0.3, -0.25) is 9.78 Å². The Morgan fingerprint density at radius 1 is 1.19 bits per heavy atom. The molecule has 6 heteroatoms. The number of rotatable bonds is 5. The number of hydrogen-bond acceptors (Lipinski definition) is 4. The average Bonchev–Trinajstić information content (AvgIpc) is 3.00. The Balaban J connectivity index is 1.91. The van der Waals surface area contributed by atoms with Crippen LogP contribution in [0.5, 0.6) is 0 Å². The van der Waals surface area contributed by atoms with E-state index >= 15 is 0 Å². The average molecular weight is 353 g/mol. The number of carboxylic acid groups (broad SMARTS) is 1. The summed E-state index contributed by atoms with van der Waals surface area (Å²) in [5.74, 6) is -1.42. The van der Waals surface area contributed by atoms with E-state index in [1.807, 2.05) is 50.1 Å². The highest BCUT2D eigenvalue weighted by molar-refractivity contribution is 6.02. The van der Waals surface area contributed by atoms with Crippen molar-refractivity contribution in [2.45, 2.75) is 38.3 Å². The number of fused-ring (bicyclic) bond motifs is 1. The number of carbonyl (C=O) groups excluding carboxylic acids is 1. The van der Waals surface area contributed by atoms with Crippen LogP contribution in [0.2, 0.25) is 0 Å². The van der Waals surface area contributed by atoms with Crippen LogP contribution in [0.25, 0.3) is 0 Å². The lowest BCUT2D eigenvalue weighted by Crippen LogP contribution is -2.55. The van der Waals surface area contributed by atoms with E-state index in [1.165, 1.54) is 0 Å². The fourth-order valence-electron chi connectivity index (χ4n) is 3.33. The van der Waals surface area contributed by atoms with Crippen molar-refractivity contribution in [3.8, 4) is 0 Å². The van der Waals surface area contributed by atoms with Crippen molar-refractivity contribution < 1.29 is 14.7 Å². The van der Waals surface area contributed by atoms with Gasteiger partial charge in [-0.05, 0) is 31.0 Å². The summed E-state index contributed by atoms with van der Waals surface area (Å²) in [5, 5.41) is 12.7. The molecule has 1 aromatic carbocycles. The van der Waals surface area contributed by atoms with Crippen LogP contribution in [-0.2, 0) is 17.6 Å². The minimum absolute atomic E-state index is 0.176. The number of aliphatic carboxylic acids is 1. The zero-order chi connectivity index (χ0) is 18.9. The van der Waals surface area contributed by atoms with Crippen molar-refractivity contribution in [1.82, 2.24) is 10.3 Å².